The summed E-state index contributed by atoms with van der Waals surface area (Å²) in [7, 11) is 0. The Bertz CT molecular complexity index is 404. The molecule has 104 valence electrons. The van der Waals surface area contributed by atoms with E-state index in [1.54, 1.807) is 0 Å². The summed E-state index contributed by atoms with van der Waals surface area (Å²) in [6.07, 6.45) is 2.93. The Morgan fingerprint density at radius 3 is 2.53 bits per heavy atom. The number of nitriles is 1. The molecule has 0 saturated carbocycles. The first-order valence-corrected chi connectivity index (χ1v) is 6.95. The normalized spacial score (nSPS) is 10.8. The summed E-state index contributed by atoms with van der Waals surface area (Å²) in [5, 5.41) is 12.3. The third-order valence-corrected chi connectivity index (χ3v) is 2.94. The molecule has 1 N–H and O–H groups in total. The Kier molecular flexibility index (Phi) is 6.21. The molecule has 19 heavy (non-hydrogen) atoms. The fourth-order valence-electron chi connectivity index (χ4n) is 1.71. The Morgan fingerprint density at radius 2 is 1.95 bits per heavy atom. The molecule has 0 spiro atoms. The van der Waals surface area contributed by atoms with Gasteiger partial charge < -0.3 is 10.1 Å². The molecular formula is C16H24N2O. The number of benzene rings is 1. The van der Waals surface area contributed by atoms with E-state index in [4.69, 9.17) is 10.00 Å². The van der Waals surface area contributed by atoms with Crippen LogP contribution in [0, 0.1) is 16.7 Å². The standard InChI is InChI=1S/C16H24N2O/c1-4-12-19-15-8-6-14(7-9-15)18-11-5-10-16(2,3)13-17/h6-9,18H,4-5,10-12H2,1-3H3. The lowest BCUT2D eigenvalue weighted by molar-refractivity contribution is 0.317. The van der Waals surface area contributed by atoms with Crippen molar-refractivity contribution in [3.63, 3.8) is 0 Å². The van der Waals surface area contributed by atoms with E-state index in [0.29, 0.717) is 0 Å². The van der Waals surface area contributed by atoms with Gasteiger partial charge in [-0.3, -0.25) is 0 Å². The second-order valence-corrected chi connectivity index (χ2v) is 5.40. The van der Waals surface area contributed by atoms with Crippen molar-refractivity contribution in [1.82, 2.24) is 0 Å². The zero-order valence-electron chi connectivity index (χ0n) is 12.2. The Morgan fingerprint density at radius 1 is 1.26 bits per heavy atom. The largest absolute Gasteiger partial charge is 0.494 e. The van der Waals surface area contributed by atoms with Gasteiger partial charge in [-0.25, -0.2) is 0 Å². The van der Waals surface area contributed by atoms with Gasteiger partial charge in [0.2, 0.25) is 0 Å². The van der Waals surface area contributed by atoms with Gasteiger partial charge in [0.05, 0.1) is 18.1 Å². The summed E-state index contributed by atoms with van der Waals surface area (Å²) in [5.74, 6) is 0.915. The summed E-state index contributed by atoms with van der Waals surface area (Å²) < 4.78 is 5.53. The lowest BCUT2D eigenvalue weighted by Gasteiger charge is -2.15. The summed E-state index contributed by atoms with van der Waals surface area (Å²) >= 11 is 0. The molecule has 0 aliphatic heterocycles. The SMILES string of the molecule is CCCOc1ccc(NCCCC(C)(C)C#N)cc1. The monoisotopic (exact) mass is 260 g/mol. The molecule has 3 nitrogen and oxygen atoms in total. The van der Waals surface area contributed by atoms with Crippen LogP contribution in [0.15, 0.2) is 24.3 Å². The van der Waals surface area contributed by atoms with Crippen LogP contribution in [0.2, 0.25) is 0 Å². The van der Waals surface area contributed by atoms with Crippen LogP contribution in [-0.4, -0.2) is 13.2 Å². The van der Waals surface area contributed by atoms with E-state index in [1.165, 1.54) is 0 Å². The molecule has 3 heteroatoms. The van der Waals surface area contributed by atoms with Crippen LogP contribution in [0.1, 0.15) is 40.0 Å². The fourth-order valence-corrected chi connectivity index (χ4v) is 1.71. The highest BCUT2D eigenvalue weighted by Gasteiger charge is 2.15. The van der Waals surface area contributed by atoms with Crippen molar-refractivity contribution in [1.29, 1.82) is 5.26 Å². The van der Waals surface area contributed by atoms with Crippen molar-refractivity contribution in [2.24, 2.45) is 5.41 Å². The number of rotatable bonds is 8. The second-order valence-electron chi connectivity index (χ2n) is 5.40. The van der Waals surface area contributed by atoms with Crippen LogP contribution in [0.25, 0.3) is 0 Å². The maximum Gasteiger partial charge on any atom is 0.119 e. The first kappa shape index (κ1) is 15.4. The fraction of sp³-hybridized carbons (Fsp3) is 0.562. The van der Waals surface area contributed by atoms with E-state index >= 15 is 0 Å². The summed E-state index contributed by atoms with van der Waals surface area (Å²) in [5.41, 5.74) is 0.873. The molecule has 0 amide bonds. The van der Waals surface area contributed by atoms with Crippen molar-refractivity contribution in [3.8, 4) is 11.8 Å². The van der Waals surface area contributed by atoms with Gasteiger partial charge in [-0.15, -0.1) is 0 Å². The summed E-state index contributed by atoms with van der Waals surface area (Å²) in [4.78, 5) is 0. The van der Waals surface area contributed by atoms with E-state index in [-0.39, 0.29) is 5.41 Å². The number of hydrogen-bond acceptors (Lipinski definition) is 3. The first-order chi connectivity index (χ1) is 9.07. The molecule has 1 rings (SSSR count). The average molecular weight is 260 g/mol. The van der Waals surface area contributed by atoms with E-state index < -0.39 is 0 Å². The molecule has 0 saturated heterocycles. The van der Waals surface area contributed by atoms with Crippen LogP contribution < -0.4 is 10.1 Å². The quantitative estimate of drug-likeness (QED) is 0.712. The molecular weight excluding hydrogens is 236 g/mol. The van der Waals surface area contributed by atoms with Gasteiger partial charge in [0, 0.05) is 12.2 Å². The second kappa shape index (κ2) is 7.68. The topological polar surface area (TPSA) is 45.0 Å². The summed E-state index contributed by atoms with van der Waals surface area (Å²) in [6.45, 7) is 7.70. The molecule has 0 radical (unpaired) electrons. The van der Waals surface area contributed by atoms with Gasteiger partial charge in [0.25, 0.3) is 0 Å². The highest BCUT2D eigenvalue weighted by molar-refractivity contribution is 5.46. The van der Waals surface area contributed by atoms with Crippen LogP contribution in [-0.2, 0) is 0 Å². The van der Waals surface area contributed by atoms with Gasteiger partial charge in [-0.2, -0.15) is 5.26 Å². The van der Waals surface area contributed by atoms with E-state index in [2.05, 4.69) is 18.3 Å². The van der Waals surface area contributed by atoms with E-state index in [9.17, 15) is 0 Å². The minimum Gasteiger partial charge on any atom is -0.494 e. The van der Waals surface area contributed by atoms with Crippen molar-refractivity contribution in [2.75, 3.05) is 18.5 Å². The number of hydrogen-bond donors (Lipinski definition) is 1. The van der Waals surface area contributed by atoms with Gasteiger partial charge in [-0.1, -0.05) is 6.92 Å². The maximum absolute atomic E-state index is 8.93. The molecule has 0 fully saturated rings. The van der Waals surface area contributed by atoms with Crippen LogP contribution in [0.4, 0.5) is 5.69 Å². The van der Waals surface area contributed by atoms with Gasteiger partial charge in [0.1, 0.15) is 5.75 Å². The van der Waals surface area contributed by atoms with Gasteiger partial charge >= 0.3 is 0 Å². The lowest BCUT2D eigenvalue weighted by Crippen LogP contribution is -2.11. The zero-order chi connectivity index (χ0) is 14.1. The number of ether oxygens (including phenoxy) is 1. The van der Waals surface area contributed by atoms with Gasteiger partial charge in [0.15, 0.2) is 0 Å². The smallest absolute Gasteiger partial charge is 0.119 e. The Labute approximate surface area is 116 Å². The molecule has 0 aliphatic carbocycles. The molecule has 1 aromatic rings. The zero-order valence-corrected chi connectivity index (χ0v) is 12.2. The first-order valence-electron chi connectivity index (χ1n) is 6.95. The molecule has 0 bridgehead atoms. The minimum absolute atomic E-state index is 0.223. The van der Waals surface area contributed by atoms with Crippen molar-refractivity contribution >= 4 is 5.69 Å². The van der Waals surface area contributed by atoms with Crippen molar-refractivity contribution < 1.29 is 4.74 Å². The number of nitrogens with zero attached hydrogens (tertiary/aromatic N) is 1. The number of anilines is 1. The highest BCUT2D eigenvalue weighted by Crippen LogP contribution is 2.21. The average Bonchev–Trinajstić information content (AvgIpc) is 2.42. The molecule has 0 unspecified atom stereocenters. The third kappa shape index (κ3) is 6.15. The predicted octanol–water partition coefficient (Wildman–Crippen LogP) is 4.22. The van der Waals surface area contributed by atoms with Crippen molar-refractivity contribution in [3.05, 3.63) is 24.3 Å². The summed E-state index contributed by atoms with van der Waals surface area (Å²) in [6, 6.07) is 10.3. The Balaban J connectivity index is 2.29. The van der Waals surface area contributed by atoms with E-state index in [1.807, 2.05) is 38.1 Å². The van der Waals surface area contributed by atoms with Crippen LogP contribution in [0.3, 0.4) is 0 Å². The molecule has 0 heterocycles. The maximum atomic E-state index is 8.93. The lowest BCUT2D eigenvalue weighted by atomic mass is 9.90. The van der Waals surface area contributed by atoms with E-state index in [0.717, 1.165) is 43.9 Å². The van der Waals surface area contributed by atoms with Gasteiger partial charge in [-0.05, 0) is 57.4 Å². The third-order valence-electron chi connectivity index (χ3n) is 2.94. The van der Waals surface area contributed by atoms with Crippen LogP contribution in [0.5, 0.6) is 5.75 Å². The molecule has 0 aliphatic rings. The number of nitrogens with one attached hydrogen (secondary N) is 1. The predicted molar refractivity (Wildman–Crippen MR) is 79.3 cm³/mol. The van der Waals surface area contributed by atoms with Crippen molar-refractivity contribution in [2.45, 2.75) is 40.0 Å². The molecule has 1 aromatic carbocycles. The van der Waals surface area contributed by atoms with Crippen LogP contribution >= 0.6 is 0 Å². The highest BCUT2D eigenvalue weighted by atomic mass is 16.5. The minimum atomic E-state index is -0.223. The Hall–Kier alpha value is -1.69. The molecule has 0 atom stereocenters. The molecule has 0 aromatic heterocycles.